The predicted octanol–water partition coefficient (Wildman–Crippen LogP) is 1.40. The van der Waals surface area contributed by atoms with Gasteiger partial charge >= 0.3 is 0 Å². The van der Waals surface area contributed by atoms with Crippen molar-refractivity contribution in [3.8, 4) is 0 Å². The Morgan fingerprint density at radius 3 is 3.09 bits per heavy atom. The van der Waals surface area contributed by atoms with E-state index in [1.54, 1.807) is 6.92 Å². The number of rotatable bonds is 3. The minimum Gasteiger partial charge on any atom is -0.356 e. The van der Waals surface area contributed by atoms with E-state index in [1.807, 2.05) is 0 Å². The van der Waals surface area contributed by atoms with Crippen molar-refractivity contribution in [2.24, 2.45) is 0 Å². The van der Waals surface area contributed by atoms with Crippen molar-refractivity contribution >= 4 is 5.91 Å². The first kappa shape index (κ1) is 8.05. The van der Waals surface area contributed by atoms with Gasteiger partial charge in [0.2, 0.25) is 5.91 Å². The molecule has 1 N–H and O–H groups in total. The first-order valence-electron chi connectivity index (χ1n) is 3.88. The molecule has 0 saturated carbocycles. The molecule has 2 nitrogen and oxygen atoms in total. The number of hydrogen-bond acceptors (Lipinski definition) is 1. The van der Waals surface area contributed by atoms with Crippen molar-refractivity contribution in [3.05, 3.63) is 23.8 Å². The van der Waals surface area contributed by atoms with Crippen LogP contribution in [-0.4, -0.2) is 12.5 Å². The van der Waals surface area contributed by atoms with Gasteiger partial charge < -0.3 is 5.32 Å². The van der Waals surface area contributed by atoms with Gasteiger partial charge in [-0.25, -0.2) is 0 Å². The fraction of sp³-hybridized carbons (Fsp3) is 0.444. The molecule has 0 aromatic carbocycles. The molecule has 60 valence electrons. The minimum absolute atomic E-state index is 0.0524. The summed E-state index contributed by atoms with van der Waals surface area (Å²) >= 11 is 0. The molecule has 0 unspecified atom stereocenters. The molecule has 0 heterocycles. The smallest absolute Gasteiger partial charge is 0.216 e. The van der Waals surface area contributed by atoms with E-state index in [-0.39, 0.29) is 5.91 Å². The second-order valence-corrected chi connectivity index (χ2v) is 2.69. The van der Waals surface area contributed by atoms with Gasteiger partial charge in [-0.1, -0.05) is 23.8 Å². The maximum atomic E-state index is 10.5. The lowest BCUT2D eigenvalue weighted by Gasteiger charge is -2.01. The maximum absolute atomic E-state index is 10.5. The number of nitrogens with one attached hydrogen (secondary N) is 1. The summed E-state index contributed by atoms with van der Waals surface area (Å²) in [6, 6.07) is 0. The summed E-state index contributed by atoms with van der Waals surface area (Å²) in [5.41, 5.74) is 1.40. The van der Waals surface area contributed by atoms with Crippen LogP contribution < -0.4 is 5.32 Å². The molecule has 0 aromatic heterocycles. The molecule has 0 atom stereocenters. The van der Waals surface area contributed by atoms with Gasteiger partial charge in [0, 0.05) is 13.5 Å². The average Bonchev–Trinajstić information content (AvgIpc) is 2.39. The summed E-state index contributed by atoms with van der Waals surface area (Å²) in [6.45, 7) is 2.31. The minimum atomic E-state index is 0.0524. The lowest BCUT2D eigenvalue weighted by molar-refractivity contribution is -0.118. The standard InChI is InChI=1S/C9H13NO/c1-8(11)10-7-6-9-4-2-3-5-9/h2-4H,5-7H2,1H3,(H,10,11). The van der Waals surface area contributed by atoms with Gasteiger partial charge in [0.25, 0.3) is 0 Å². The van der Waals surface area contributed by atoms with Crippen LogP contribution in [0.15, 0.2) is 23.8 Å². The number of carbonyl (C=O) groups excluding carboxylic acids is 1. The normalized spacial score (nSPS) is 14.8. The molecule has 0 spiro atoms. The number of carbonyl (C=O) groups is 1. The fourth-order valence-electron chi connectivity index (χ4n) is 1.08. The molecule has 0 radical (unpaired) electrons. The zero-order valence-electron chi connectivity index (χ0n) is 6.76. The summed E-state index contributed by atoms with van der Waals surface area (Å²) in [5.74, 6) is 0.0524. The third kappa shape index (κ3) is 3.03. The molecular weight excluding hydrogens is 138 g/mol. The predicted molar refractivity (Wildman–Crippen MR) is 45.1 cm³/mol. The number of hydrogen-bond donors (Lipinski definition) is 1. The molecule has 0 aliphatic heterocycles. The largest absolute Gasteiger partial charge is 0.356 e. The van der Waals surface area contributed by atoms with Crippen LogP contribution in [0.4, 0.5) is 0 Å². The van der Waals surface area contributed by atoms with Crippen molar-refractivity contribution in [3.63, 3.8) is 0 Å². The molecule has 1 aliphatic carbocycles. The fourth-order valence-corrected chi connectivity index (χ4v) is 1.08. The Labute approximate surface area is 67.0 Å². The second-order valence-electron chi connectivity index (χ2n) is 2.69. The zero-order chi connectivity index (χ0) is 8.10. The van der Waals surface area contributed by atoms with E-state index in [0.717, 1.165) is 19.4 Å². The molecule has 0 fully saturated rings. The van der Waals surface area contributed by atoms with Crippen LogP contribution in [0.5, 0.6) is 0 Å². The van der Waals surface area contributed by atoms with Crippen LogP contribution in [0.1, 0.15) is 19.8 Å². The molecule has 2 heteroatoms. The molecule has 1 amide bonds. The van der Waals surface area contributed by atoms with Gasteiger partial charge in [-0.3, -0.25) is 4.79 Å². The number of amides is 1. The summed E-state index contributed by atoms with van der Waals surface area (Å²) in [4.78, 5) is 10.5. The van der Waals surface area contributed by atoms with Gasteiger partial charge in [-0.2, -0.15) is 0 Å². The lowest BCUT2D eigenvalue weighted by Crippen LogP contribution is -2.20. The molecule has 1 rings (SSSR count). The summed E-state index contributed by atoms with van der Waals surface area (Å²) in [7, 11) is 0. The highest BCUT2D eigenvalue weighted by molar-refractivity contribution is 5.72. The van der Waals surface area contributed by atoms with E-state index in [2.05, 4.69) is 23.5 Å². The Bertz CT molecular complexity index is 204. The third-order valence-electron chi connectivity index (χ3n) is 1.67. The topological polar surface area (TPSA) is 29.1 Å². The van der Waals surface area contributed by atoms with Crippen LogP contribution in [0, 0.1) is 0 Å². The highest BCUT2D eigenvalue weighted by Crippen LogP contribution is 2.12. The van der Waals surface area contributed by atoms with Gasteiger partial charge in [0.1, 0.15) is 0 Å². The zero-order valence-corrected chi connectivity index (χ0v) is 6.76. The Morgan fingerprint density at radius 1 is 1.73 bits per heavy atom. The van der Waals surface area contributed by atoms with Crippen LogP contribution in [0.3, 0.4) is 0 Å². The van der Waals surface area contributed by atoms with Gasteiger partial charge in [0.05, 0.1) is 0 Å². The van der Waals surface area contributed by atoms with Crippen molar-refractivity contribution in [1.82, 2.24) is 5.32 Å². The van der Waals surface area contributed by atoms with Crippen molar-refractivity contribution in [1.29, 1.82) is 0 Å². The molecular formula is C9H13NO. The first-order valence-corrected chi connectivity index (χ1v) is 3.88. The molecule has 0 aromatic rings. The van der Waals surface area contributed by atoms with Crippen LogP contribution in [0.2, 0.25) is 0 Å². The van der Waals surface area contributed by atoms with Crippen molar-refractivity contribution in [2.75, 3.05) is 6.54 Å². The summed E-state index contributed by atoms with van der Waals surface area (Å²) in [6.07, 6.45) is 8.33. The van der Waals surface area contributed by atoms with Gasteiger partial charge in [-0.15, -0.1) is 0 Å². The SMILES string of the molecule is CC(=O)NCCC1=CC=CC1. The first-order chi connectivity index (χ1) is 5.29. The van der Waals surface area contributed by atoms with E-state index >= 15 is 0 Å². The molecule has 11 heavy (non-hydrogen) atoms. The Morgan fingerprint density at radius 2 is 2.55 bits per heavy atom. The second kappa shape index (κ2) is 3.96. The Kier molecular flexibility index (Phi) is 2.90. The quantitative estimate of drug-likeness (QED) is 0.649. The van der Waals surface area contributed by atoms with E-state index in [1.165, 1.54) is 5.57 Å². The van der Waals surface area contributed by atoms with Gasteiger partial charge in [-0.05, 0) is 12.8 Å². The maximum Gasteiger partial charge on any atom is 0.216 e. The third-order valence-corrected chi connectivity index (χ3v) is 1.67. The van der Waals surface area contributed by atoms with Crippen molar-refractivity contribution < 1.29 is 4.79 Å². The molecule has 0 bridgehead atoms. The van der Waals surface area contributed by atoms with Crippen molar-refractivity contribution in [2.45, 2.75) is 19.8 Å². The van der Waals surface area contributed by atoms with Crippen LogP contribution in [-0.2, 0) is 4.79 Å². The molecule has 1 aliphatic rings. The van der Waals surface area contributed by atoms with E-state index in [9.17, 15) is 4.79 Å². The highest BCUT2D eigenvalue weighted by atomic mass is 16.1. The van der Waals surface area contributed by atoms with Crippen LogP contribution >= 0.6 is 0 Å². The number of allylic oxidation sites excluding steroid dienone is 3. The van der Waals surface area contributed by atoms with E-state index in [4.69, 9.17) is 0 Å². The lowest BCUT2D eigenvalue weighted by atomic mass is 10.2. The van der Waals surface area contributed by atoms with E-state index in [0.29, 0.717) is 0 Å². The Balaban J connectivity index is 2.09. The summed E-state index contributed by atoms with van der Waals surface area (Å²) in [5, 5.41) is 2.76. The van der Waals surface area contributed by atoms with Crippen LogP contribution in [0.25, 0.3) is 0 Å². The van der Waals surface area contributed by atoms with Gasteiger partial charge in [0.15, 0.2) is 0 Å². The molecule has 0 saturated heterocycles. The average molecular weight is 151 g/mol. The highest BCUT2D eigenvalue weighted by Gasteiger charge is 1.98. The monoisotopic (exact) mass is 151 g/mol. The van der Waals surface area contributed by atoms with E-state index < -0.39 is 0 Å². The summed E-state index contributed by atoms with van der Waals surface area (Å²) < 4.78 is 0. The Hall–Kier alpha value is -1.05.